The number of ether oxygens (including phenoxy) is 2. The fraction of sp³-hybridized carbons (Fsp3) is 0.0233. The van der Waals surface area contributed by atoms with Crippen LogP contribution in [0.1, 0.15) is 5.56 Å². The Morgan fingerprint density at radius 2 is 1.04 bits per heavy atom. The van der Waals surface area contributed by atoms with E-state index in [1.54, 1.807) is 12.1 Å². The molecular weight excluding hydrogens is 636 g/mol. The van der Waals surface area contributed by atoms with Crippen LogP contribution in [0.5, 0.6) is 11.5 Å². The van der Waals surface area contributed by atoms with E-state index in [4.69, 9.17) is 19.4 Å². The lowest BCUT2D eigenvalue weighted by Crippen LogP contribution is -2.04. The summed E-state index contributed by atoms with van der Waals surface area (Å²) in [6.45, 7) is 9.18. The van der Waals surface area contributed by atoms with Crippen molar-refractivity contribution in [3.63, 3.8) is 0 Å². The van der Waals surface area contributed by atoms with Gasteiger partial charge in [0.05, 0.1) is 22.1 Å². The van der Waals surface area contributed by atoms with E-state index in [1.807, 2.05) is 55.1 Å². The third-order valence-electron chi connectivity index (χ3n) is 9.41. The summed E-state index contributed by atoms with van der Waals surface area (Å²) in [5.74, 6) is -0.0995. The minimum Gasteiger partial charge on any atom is -0.423 e. The standard InChI is InChI=1S/C43H28N4O4/c1-4-36(48)50-34-14-8-12-31-38(34)28-10-6-7-11-30(28)42-40(31)44-23-46(42)26-17-19-27(20-18-26)47-24-45-41-32-13-9-15-35(51-37(49)5-2)39(32)29-21-16-25(3)22-33(29)43(41)47/h4-24H,1-2H2,3H3. The van der Waals surface area contributed by atoms with E-state index >= 15 is 0 Å². The minimum absolute atomic E-state index is 0.464. The maximum absolute atomic E-state index is 12.2. The zero-order valence-corrected chi connectivity index (χ0v) is 27.5. The molecule has 0 unspecified atom stereocenters. The van der Waals surface area contributed by atoms with Crippen molar-refractivity contribution in [1.82, 2.24) is 19.1 Å². The molecule has 8 nitrogen and oxygen atoms in total. The fourth-order valence-electron chi connectivity index (χ4n) is 7.23. The molecule has 0 amide bonds. The van der Waals surface area contributed by atoms with Gasteiger partial charge in [0.2, 0.25) is 0 Å². The molecule has 9 rings (SSSR count). The van der Waals surface area contributed by atoms with Gasteiger partial charge in [-0.25, -0.2) is 19.6 Å². The largest absolute Gasteiger partial charge is 0.423 e. The van der Waals surface area contributed by atoms with Crippen molar-refractivity contribution in [2.75, 3.05) is 0 Å². The Morgan fingerprint density at radius 1 is 0.569 bits per heavy atom. The number of aromatic nitrogens is 4. The molecule has 0 saturated heterocycles. The first kappa shape index (κ1) is 30.0. The summed E-state index contributed by atoms with van der Waals surface area (Å²) in [6, 6.07) is 34.0. The number of rotatable bonds is 6. The molecule has 0 radical (unpaired) electrons. The van der Waals surface area contributed by atoms with E-state index in [0.717, 1.165) is 88.2 Å². The molecule has 0 aliphatic carbocycles. The lowest BCUT2D eigenvalue weighted by Gasteiger charge is -2.14. The van der Waals surface area contributed by atoms with Crippen molar-refractivity contribution in [2.24, 2.45) is 0 Å². The zero-order valence-electron chi connectivity index (χ0n) is 27.5. The number of carbonyl (C=O) groups excluding carboxylic acids is 2. The molecule has 244 valence electrons. The number of carbonyl (C=O) groups is 2. The topological polar surface area (TPSA) is 88.2 Å². The molecule has 0 aliphatic heterocycles. The van der Waals surface area contributed by atoms with E-state index in [9.17, 15) is 9.59 Å². The van der Waals surface area contributed by atoms with Crippen molar-refractivity contribution in [2.45, 2.75) is 6.92 Å². The van der Waals surface area contributed by atoms with Crippen LogP contribution in [0.4, 0.5) is 0 Å². The molecule has 0 N–H and O–H groups in total. The molecule has 7 aromatic carbocycles. The van der Waals surface area contributed by atoms with E-state index in [1.165, 1.54) is 6.08 Å². The van der Waals surface area contributed by atoms with Crippen LogP contribution in [-0.4, -0.2) is 31.0 Å². The number of hydrogen-bond acceptors (Lipinski definition) is 6. The maximum Gasteiger partial charge on any atom is 0.335 e. The smallest absolute Gasteiger partial charge is 0.335 e. The Kier molecular flexibility index (Phi) is 6.79. The second-order valence-electron chi connectivity index (χ2n) is 12.3. The Morgan fingerprint density at radius 3 is 1.57 bits per heavy atom. The van der Waals surface area contributed by atoms with Gasteiger partial charge in [-0.2, -0.15) is 0 Å². The molecule has 0 saturated carbocycles. The van der Waals surface area contributed by atoms with Crippen molar-refractivity contribution >= 4 is 77.1 Å². The molecule has 0 atom stereocenters. The molecule has 9 aromatic rings. The summed E-state index contributed by atoms with van der Waals surface area (Å²) in [7, 11) is 0. The monoisotopic (exact) mass is 664 g/mol. The number of hydrogen-bond donors (Lipinski definition) is 0. The quantitative estimate of drug-likeness (QED) is 0.0762. The van der Waals surface area contributed by atoms with E-state index in [0.29, 0.717) is 11.5 Å². The van der Waals surface area contributed by atoms with Crippen molar-refractivity contribution < 1.29 is 19.1 Å². The highest BCUT2D eigenvalue weighted by Gasteiger charge is 2.20. The predicted octanol–water partition coefficient (Wildman–Crippen LogP) is 9.47. The molecule has 0 fully saturated rings. The number of esters is 2. The molecule has 0 spiro atoms. The molecule has 51 heavy (non-hydrogen) atoms. The third kappa shape index (κ3) is 4.61. The van der Waals surface area contributed by atoms with Gasteiger partial charge in [0.25, 0.3) is 0 Å². The molecule has 2 heterocycles. The lowest BCUT2D eigenvalue weighted by atomic mass is 9.97. The third-order valence-corrected chi connectivity index (χ3v) is 9.41. The highest BCUT2D eigenvalue weighted by atomic mass is 16.5. The first-order valence-corrected chi connectivity index (χ1v) is 16.4. The average molecular weight is 665 g/mol. The number of fused-ring (bicyclic) bond motifs is 12. The SMILES string of the molecule is C=CC(=O)Oc1cccc2c3ncn(-c4ccc(-n5cnc6c7cccc(OC(=O)C=C)c7c7ccc(C)cc7c65)cc4)c3c3ccccc3c12. The fourth-order valence-corrected chi connectivity index (χ4v) is 7.23. The first-order valence-electron chi connectivity index (χ1n) is 16.4. The predicted molar refractivity (Wildman–Crippen MR) is 202 cm³/mol. The van der Waals surface area contributed by atoms with E-state index in [2.05, 4.69) is 77.7 Å². The second-order valence-corrected chi connectivity index (χ2v) is 12.3. The van der Waals surface area contributed by atoms with E-state index < -0.39 is 11.9 Å². The number of benzene rings is 7. The highest BCUT2D eigenvalue weighted by Crippen LogP contribution is 2.42. The van der Waals surface area contributed by atoms with Gasteiger partial charge in [-0.3, -0.25) is 9.13 Å². The van der Waals surface area contributed by atoms with Gasteiger partial charge in [-0.1, -0.05) is 79.4 Å². The molecule has 2 aromatic heterocycles. The van der Waals surface area contributed by atoms with Crippen LogP contribution in [0.2, 0.25) is 0 Å². The van der Waals surface area contributed by atoms with E-state index in [-0.39, 0.29) is 0 Å². The van der Waals surface area contributed by atoms with Crippen LogP contribution < -0.4 is 9.47 Å². The molecule has 8 heteroatoms. The van der Waals surface area contributed by atoms with Crippen LogP contribution in [0.25, 0.3) is 76.5 Å². The van der Waals surface area contributed by atoms with Gasteiger partial charge in [-0.15, -0.1) is 0 Å². The van der Waals surface area contributed by atoms with Crippen molar-refractivity contribution in [1.29, 1.82) is 0 Å². The minimum atomic E-state index is -0.516. The Hall–Kier alpha value is -7.06. The molecule has 0 aliphatic rings. The Labute approximate surface area is 291 Å². The summed E-state index contributed by atoms with van der Waals surface area (Å²) in [5, 5.41) is 7.31. The van der Waals surface area contributed by atoms with Crippen LogP contribution >= 0.6 is 0 Å². The second kappa shape index (κ2) is 11.5. The van der Waals surface area contributed by atoms with Crippen LogP contribution in [0, 0.1) is 6.92 Å². The van der Waals surface area contributed by atoms with Crippen LogP contribution in [0.3, 0.4) is 0 Å². The summed E-state index contributed by atoms with van der Waals surface area (Å²) in [5.41, 5.74) is 6.49. The first-order chi connectivity index (χ1) is 24.9. The van der Waals surface area contributed by atoms with Gasteiger partial charge in [0, 0.05) is 55.8 Å². The Balaban J connectivity index is 1.21. The number of aryl methyl sites for hydroxylation is 1. The normalized spacial score (nSPS) is 11.5. The van der Waals surface area contributed by atoms with Crippen molar-refractivity contribution in [3.8, 4) is 22.9 Å². The van der Waals surface area contributed by atoms with Gasteiger partial charge in [0.1, 0.15) is 24.2 Å². The molecule has 0 bridgehead atoms. The highest BCUT2D eigenvalue weighted by molar-refractivity contribution is 6.26. The van der Waals surface area contributed by atoms with Crippen LogP contribution in [0.15, 0.2) is 141 Å². The number of nitrogens with zero attached hydrogens (tertiary/aromatic N) is 4. The van der Waals surface area contributed by atoms with Gasteiger partial charge in [0.15, 0.2) is 0 Å². The van der Waals surface area contributed by atoms with Crippen LogP contribution in [-0.2, 0) is 9.59 Å². The van der Waals surface area contributed by atoms with Gasteiger partial charge < -0.3 is 9.47 Å². The lowest BCUT2D eigenvalue weighted by molar-refractivity contribution is -0.129. The average Bonchev–Trinajstić information content (AvgIpc) is 3.81. The Bertz CT molecular complexity index is 2950. The summed E-state index contributed by atoms with van der Waals surface area (Å²) < 4.78 is 15.5. The summed E-state index contributed by atoms with van der Waals surface area (Å²) in [4.78, 5) is 34.2. The van der Waals surface area contributed by atoms with Gasteiger partial charge in [-0.05, 0) is 60.2 Å². The zero-order chi connectivity index (χ0) is 34.8. The molecular formula is C43H28N4O4. The summed E-state index contributed by atoms with van der Waals surface area (Å²) >= 11 is 0. The van der Waals surface area contributed by atoms with Crippen molar-refractivity contribution in [3.05, 3.63) is 147 Å². The number of imidazole rings is 2. The maximum atomic E-state index is 12.2. The summed E-state index contributed by atoms with van der Waals surface area (Å²) in [6.07, 6.45) is 6.00. The van der Waals surface area contributed by atoms with Gasteiger partial charge >= 0.3 is 11.9 Å².